The predicted molar refractivity (Wildman–Crippen MR) is 58.0 cm³/mol. The Bertz CT molecular complexity index is 254. The van der Waals surface area contributed by atoms with E-state index in [1.165, 1.54) is 0 Å². The molecule has 0 heterocycles. The van der Waals surface area contributed by atoms with E-state index in [4.69, 9.17) is 9.84 Å². The fraction of sp³-hybridized carbons (Fsp3) is 0.818. The summed E-state index contributed by atoms with van der Waals surface area (Å²) in [6.07, 6.45) is 2.57. The van der Waals surface area contributed by atoms with Crippen molar-refractivity contribution < 1.29 is 19.4 Å². The van der Waals surface area contributed by atoms with Crippen LogP contribution in [0.1, 0.15) is 25.7 Å². The first-order valence-corrected chi connectivity index (χ1v) is 5.64. The Morgan fingerprint density at radius 3 is 2.62 bits per heavy atom. The van der Waals surface area contributed by atoms with Crippen LogP contribution >= 0.6 is 0 Å². The molecule has 1 rings (SSSR count). The van der Waals surface area contributed by atoms with Gasteiger partial charge in [-0.1, -0.05) is 0 Å². The number of carbonyl (C=O) groups excluding carboxylic acids is 1. The maximum absolute atomic E-state index is 11.6. The van der Waals surface area contributed by atoms with Crippen LogP contribution in [0, 0.1) is 11.8 Å². The molecule has 16 heavy (non-hydrogen) atoms. The molecule has 0 saturated heterocycles. The fourth-order valence-electron chi connectivity index (χ4n) is 2.02. The molecule has 1 aliphatic carbocycles. The fourth-order valence-corrected chi connectivity index (χ4v) is 2.02. The Labute approximate surface area is 95.2 Å². The summed E-state index contributed by atoms with van der Waals surface area (Å²) in [6.45, 7) is 1.23. The van der Waals surface area contributed by atoms with Gasteiger partial charge in [-0.25, -0.2) is 0 Å². The van der Waals surface area contributed by atoms with E-state index in [1.54, 1.807) is 7.11 Å². The number of carboxylic acids is 1. The summed E-state index contributed by atoms with van der Waals surface area (Å²) in [5.74, 6) is -1.26. The predicted octanol–water partition coefficient (Wildman–Crippen LogP) is 0.640. The maximum atomic E-state index is 11.6. The summed E-state index contributed by atoms with van der Waals surface area (Å²) in [7, 11) is 1.62. The monoisotopic (exact) mass is 229 g/mol. The first kappa shape index (κ1) is 13.0. The normalized spacial score (nSPS) is 24.3. The number of carbonyl (C=O) groups is 2. The Balaban J connectivity index is 2.20. The van der Waals surface area contributed by atoms with Crippen molar-refractivity contribution in [3.63, 3.8) is 0 Å². The molecule has 0 aliphatic heterocycles. The second-order valence-corrected chi connectivity index (χ2v) is 4.18. The van der Waals surface area contributed by atoms with Crippen molar-refractivity contribution in [2.45, 2.75) is 25.7 Å². The van der Waals surface area contributed by atoms with E-state index in [2.05, 4.69) is 5.32 Å². The van der Waals surface area contributed by atoms with Gasteiger partial charge < -0.3 is 15.2 Å². The smallest absolute Gasteiger partial charge is 0.306 e. The lowest BCUT2D eigenvalue weighted by atomic mass is 10.0. The van der Waals surface area contributed by atoms with Crippen molar-refractivity contribution in [3.8, 4) is 0 Å². The van der Waals surface area contributed by atoms with Gasteiger partial charge in [0.15, 0.2) is 0 Å². The summed E-state index contributed by atoms with van der Waals surface area (Å²) < 4.78 is 4.87. The summed E-state index contributed by atoms with van der Waals surface area (Å²) in [5.41, 5.74) is 0. The van der Waals surface area contributed by atoms with Gasteiger partial charge in [-0.2, -0.15) is 0 Å². The van der Waals surface area contributed by atoms with Gasteiger partial charge in [-0.05, 0) is 25.7 Å². The van der Waals surface area contributed by atoms with E-state index in [9.17, 15) is 9.59 Å². The standard InChI is InChI=1S/C11H19NO4/c1-16-6-2-5-12-10(13)8-3-4-9(7-8)11(14)15/h8-9H,2-7H2,1H3,(H,12,13)(H,14,15). The number of rotatable bonds is 6. The molecule has 1 saturated carbocycles. The van der Waals surface area contributed by atoms with Crippen molar-refractivity contribution in [1.82, 2.24) is 5.32 Å². The Hall–Kier alpha value is -1.10. The van der Waals surface area contributed by atoms with Gasteiger partial charge >= 0.3 is 5.97 Å². The molecule has 0 aromatic heterocycles. The number of hydrogen-bond acceptors (Lipinski definition) is 3. The number of methoxy groups -OCH3 is 1. The van der Waals surface area contributed by atoms with Crippen LogP contribution in [0.2, 0.25) is 0 Å². The van der Waals surface area contributed by atoms with Crippen LogP contribution in [0.4, 0.5) is 0 Å². The highest BCUT2D eigenvalue weighted by atomic mass is 16.5. The lowest BCUT2D eigenvalue weighted by Gasteiger charge is -2.10. The number of carboxylic acid groups (broad SMARTS) is 1. The van der Waals surface area contributed by atoms with Crippen molar-refractivity contribution in [2.75, 3.05) is 20.3 Å². The van der Waals surface area contributed by atoms with Crippen molar-refractivity contribution in [1.29, 1.82) is 0 Å². The van der Waals surface area contributed by atoms with Gasteiger partial charge in [-0.3, -0.25) is 9.59 Å². The number of hydrogen-bond donors (Lipinski definition) is 2. The third kappa shape index (κ3) is 3.81. The number of nitrogens with one attached hydrogen (secondary N) is 1. The summed E-state index contributed by atoms with van der Waals surface area (Å²) in [5, 5.41) is 11.6. The van der Waals surface area contributed by atoms with E-state index in [-0.39, 0.29) is 17.7 Å². The SMILES string of the molecule is COCCCNC(=O)C1CCC(C(=O)O)C1. The second-order valence-electron chi connectivity index (χ2n) is 4.18. The van der Waals surface area contributed by atoms with E-state index in [0.29, 0.717) is 32.4 Å². The summed E-state index contributed by atoms with van der Waals surface area (Å²) >= 11 is 0. The molecule has 1 aliphatic rings. The molecular formula is C11H19NO4. The quantitative estimate of drug-likeness (QED) is 0.655. The van der Waals surface area contributed by atoms with E-state index < -0.39 is 5.97 Å². The molecule has 0 aromatic carbocycles. The highest BCUT2D eigenvalue weighted by Gasteiger charge is 2.33. The zero-order chi connectivity index (χ0) is 12.0. The first-order valence-electron chi connectivity index (χ1n) is 5.64. The maximum Gasteiger partial charge on any atom is 0.306 e. The molecule has 5 nitrogen and oxygen atoms in total. The van der Waals surface area contributed by atoms with Gasteiger partial charge in [0.1, 0.15) is 0 Å². The highest BCUT2D eigenvalue weighted by molar-refractivity contribution is 5.80. The first-order chi connectivity index (χ1) is 7.65. The lowest BCUT2D eigenvalue weighted by Crippen LogP contribution is -2.31. The number of amides is 1. The van der Waals surface area contributed by atoms with Crippen LogP contribution in [-0.4, -0.2) is 37.2 Å². The van der Waals surface area contributed by atoms with E-state index in [0.717, 1.165) is 6.42 Å². The molecule has 2 atom stereocenters. The molecule has 0 aromatic rings. The molecule has 2 N–H and O–H groups in total. The van der Waals surface area contributed by atoms with Gasteiger partial charge in [0, 0.05) is 26.2 Å². The van der Waals surface area contributed by atoms with Crippen molar-refractivity contribution in [2.24, 2.45) is 11.8 Å². The number of aliphatic carboxylic acids is 1. The molecule has 1 amide bonds. The van der Waals surface area contributed by atoms with Crippen LogP contribution in [-0.2, 0) is 14.3 Å². The summed E-state index contributed by atoms with van der Waals surface area (Å²) in [4.78, 5) is 22.4. The van der Waals surface area contributed by atoms with Crippen molar-refractivity contribution >= 4 is 11.9 Å². The minimum absolute atomic E-state index is 0.0140. The Morgan fingerprint density at radius 1 is 1.38 bits per heavy atom. The zero-order valence-corrected chi connectivity index (χ0v) is 9.57. The molecular weight excluding hydrogens is 210 g/mol. The average Bonchev–Trinajstić information content (AvgIpc) is 2.73. The topological polar surface area (TPSA) is 75.6 Å². The Kier molecular flexibility index (Phi) is 5.25. The van der Waals surface area contributed by atoms with Crippen LogP contribution in [0.3, 0.4) is 0 Å². The third-order valence-corrected chi connectivity index (χ3v) is 2.98. The van der Waals surface area contributed by atoms with Gasteiger partial charge in [0.2, 0.25) is 5.91 Å². The van der Waals surface area contributed by atoms with E-state index in [1.807, 2.05) is 0 Å². The Morgan fingerprint density at radius 2 is 2.06 bits per heavy atom. The molecule has 2 unspecified atom stereocenters. The zero-order valence-electron chi connectivity index (χ0n) is 9.57. The lowest BCUT2D eigenvalue weighted by molar-refractivity contribution is -0.141. The van der Waals surface area contributed by atoms with Crippen molar-refractivity contribution in [3.05, 3.63) is 0 Å². The third-order valence-electron chi connectivity index (χ3n) is 2.98. The summed E-state index contributed by atoms with van der Waals surface area (Å²) in [6, 6.07) is 0. The number of ether oxygens (including phenoxy) is 1. The van der Waals surface area contributed by atoms with E-state index >= 15 is 0 Å². The van der Waals surface area contributed by atoms with Crippen LogP contribution in [0.5, 0.6) is 0 Å². The molecule has 5 heteroatoms. The van der Waals surface area contributed by atoms with Crippen LogP contribution < -0.4 is 5.32 Å². The molecule has 1 fully saturated rings. The van der Waals surface area contributed by atoms with Gasteiger partial charge in [0.25, 0.3) is 0 Å². The minimum atomic E-state index is -0.783. The largest absolute Gasteiger partial charge is 0.481 e. The molecule has 0 bridgehead atoms. The second kappa shape index (κ2) is 6.48. The molecule has 0 radical (unpaired) electrons. The minimum Gasteiger partial charge on any atom is -0.481 e. The average molecular weight is 229 g/mol. The molecule has 0 spiro atoms. The van der Waals surface area contributed by atoms with Crippen LogP contribution in [0.15, 0.2) is 0 Å². The van der Waals surface area contributed by atoms with Crippen LogP contribution in [0.25, 0.3) is 0 Å². The van der Waals surface area contributed by atoms with Gasteiger partial charge in [0.05, 0.1) is 5.92 Å². The van der Waals surface area contributed by atoms with Gasteiger partial charge in [-0.15, -0.1) is 0 Å². The molecule has 92 valence electrons. The highest BCUT2D eigenvalue weighted by Crippen LogP contribution is 2.30.